The molecule has 5 N–H and O–H groups in total. The monoisotopic (exact) mass is 410 g/mol. The lowest BCUT2D eigenvalue weighted by molar-refractivity contribution is -0.384. The number of fused-ring (bicyclic) bond motifs is 1. The Morgan fingerprint density at radius 2 is 1.93 bits per heavy atom. The predicted molar refractivity (Wildman–Crippen MR) is 108 cm³/mol. The molecule has 0 aliphatic carbocycles. The first-order chi connectivity index (χ1) is 14.4. The molecule has 0 fully saturated rings. The van der Waals surface area contributed by atoms with Gasteiger partial charge in [-0.2, -0.15) is 0 Å². The average Bonchev–Trinajstić information content (AvgIpc) is 2.72. The number of hydrogen-bond acceptors (Lipinski definition) is 8. The number of nitrogens with two attached hydrogens (primary N) is 2. The zero-order valence-corrected chi connectivity index (χ0v) is 15.6. The number of nitro groups is 1. The van der Waals surface area contributed by atoms with Crippen molar-refractivity contribution in [3.8, 4) is 0 Å². The molecule has 0 saturated heterocycles. The number of nitrogens with zero attached hydrogens (tertiary/aromatic N) is 3. The molecule has 154 valence electrons. The van der Waals surface area contributed by atoms with E-state index in [1.165, 1.54) is 18.5 Å². The lowest BCUT2D eigenvalue weighted by Crippen LogP contribution is -2.19. The van der Waals surface area contributed by atoms with E-state index in [0.29, 0.717) is 22.3 Å². The number of benzene rings is 2. The summed E-state index contributed by atoms with van der Waals surface area (Å²) in [6, 6.07) is 10.5. The minimum absolute atomic E-state index is 0.0226. The van der Waals surface area contributed by atoms with Gasteiger partial charge in [-0.3, -0.25) is 14.9 Å². The standard InChI is InChI=1S/C19H18N6O5/c20-17(26)13-5-2-6-14-16(13)22-10-23-18(14)24-15(7-8-30-19(21)27)11-3-1-4-12(9-11)25(28)29/h1-6,9-10,15H,7-8H2,(H2,20,26)(H2,21,27)(H,22,23,24). The zero-order chi connectivity index (χ0) is 21.7. The molecule has 0 radical (unpaired) electrons. The molecule has 0 aliphatic heterocycles. The smallest absolute Gasteiger partial charge is 0.404 e. The zero-order valence-electron chi connectivity index (χ0n) is 15.6. The number of ether oxygens (including phenoxy) is 1. The van der Waals surface area contributed by atoms with Gasteiger partial charge in [0.2, 0.25) is 0 Å². The molecule has 30 heavy (non-hydrogen) atoms. The number of primary amides is 2. The maximum absolute atomic E-state index is 11.7. The largest absolute Gasteiger partial charge is 0.450 e. The minimum Gasteiger partial charge on any atom is -0.450 e. The van der Waals surface area contributed by atoms with E-state index in [2.05, 4.69) is 15.3 Å². The van der Waals surface area contributed by atoms with Gasteiger partial charge in [-0.1, -0.05) is 18.2 Å². The number of carbonyl (C=O) groups is 2. The highest BCUT2D eigenvalue weighted by atomic mass is 16.6. The Bertz CT molecular complexity index is 1120. The van der Waals surface area contributed by atoms with Crippen molar-refractivity contribution in [2.45, 2.75) is 12.5 Å². The maximum atomic E-state index is 11.7. The van der Waals surface area contributed by atoms with Gasteiger partial charge < -0.3 is 21.5 Å². The van der Waals surface area contributed by atoms with Crippen LogP contribution in [0.5, 0.6) is 0 Å². The first-order valence-corrected chi connectivity index (χ1v) is 8.83. The van der Waals surface area contributed by atoms with E-state index in [9.17, 15) is 19.7 Å². The number of aromatic nitrogens is 2. The molecule has 3 rings (SSSR count). The summed E-state index contributed by atoms with van der Waals surface area (Å²) >= 11 is 0. The molecule has 1 heterocycles. The van der Waals surface area contributed by atoms with Gasteiger partial charge in [0, 0.05) is 23.9 Å². The van der Waals surface area contributed by atoms with Crippen LogP contribution in [0.3, 0.4) is 0 Å². The third-order valence-corrected chi connectivity index (χ3v) is 4.38. The molecule has 1 aromatic heterocycles. The lowest BCUT2D eigenvalue weighted by atomic mass is 10.0. The van der Waals surface area contributed by atoms with Crippen molar-refractivity contribution in [3.63, 3.8) is 0 Å². The van der Waals surface area contributed by atoms with Crippen LogP contribution in [-0.2, 0) is 4.74 Å². The van der Waals surface area contributed by atoms with Gasteiger partial charge in [-0.05, 0) is 17.7 Å². The molecule has 0 bridgehead atoms. The summed E-state index contributed by atoms with van der Waals surface area (Å²) in [5, 5.41) is 14.9. The van der Waals surface area contributed by atoms with E-state index in [0.717, 1.165) is 0 Å². The van der Waals surface area contributed by atoms with Crippen molar-refractivity contribution in [1.82, 2.24) is 9.97 Å². The fourth-order valence-corrected chi connectivity index (χ4v) is 3.02. The van der Waals surface area contributed by atoms with Crippen molar-refractivity contribution in [2.24, 2.45) is 11.5 Å². The van der Waals surface area contributed by atoms with E-state index in [4.69, 9.17) is 16.2 Å². The van der Waals surface area contributed by atoms with Crippen molar-refractivity contribution in [2.75, 3.05) is 11.9 Å². The van der Waals surface area contributed by atoms with E-state index in [-0.39, 0.29) is 24.3 Å². The molecule has 2 aromatic carbocycles. The maximum Gasteiger partial charge on any atom is 0.404 e. The van der Waals surface area contributed by atoms with Crippen molar-refractivity contribution < 1.29 is 19.2 Å². The number of nitro benzene ring substituents is 1. The minimum atomic E-state index is -0.925. The molecule has 0 saturated carbocycles. The Morgan fingerprint density at radius 3 is 2.63 bits per heavy atom. The Balaban J connectivity index is 2.00. The number of amides is 2. The number of hydrogen-bond donors (Lipinski definition) is 3. The van der Waals surface area contributed by atoms with Crippen LogP contribution >= 0.6 is 0 Å². The van der Waals surface area contributed by atoms with Crippen LogP contribution in [0.1, 0.15) is 28.4 Å². The summed E-state index contributed by atoms with van der Waals surface area (Å²) in [6.07, 6.45) is 0.610. The highest BCUT2D eigenvalue weighted by Gasteiger charge is 2.18. The number of nitrogens with one attached hydrogen (secondary N) is 1. The Labute approximate surface area is 170 Å². The first-order valence-electron chi connectivity index (χ1n) is 8.83. The summed E-state index contributed by atoms with van der Waals surface area (Å²) in [6.45, 7) is -0.0226. The van der Waals surface area contributed by atoms with Gasteiger partial charge in [0.25, 0.3) is 11.6 Å². The van der Waals surface area contributed by atoms with Crippen LogP contribution in [-0.4, -0.2) is 33.5 Å². The van der Waals surface area contributed by atoms with Gasteiger partial charge in [0.1, 0.15) is 12.1 Å². The predicted octanol–water partition coefficient (Wildman–Crippen LogP) is 2.28. The first kappa shape index (κ1) is 20.5. The average molecular weight is 410 g/mol. The molecular formula is C19H18N6O5. The van der Waals surface area contributed by atoms with Crippen LogP contribution in [0.4, 0.5) is 16.3 Å². The summed E-state index contributed by atoms with van der Waals surface area (Å²) in [7, 11) is 0. The van der Waals surface area contributed by atoms with Crippen molar-refractivity contribution >= 4 is 34.4 Å². The van der Waals surface area contributed by atoms with Crippen LogP contribution < -0.4 is 16.8 Å². The summed E-state index contributed by atoms with van der Waals surface area (Å²) in [5.41, 5.74) is 11.5. The van der Waals surface area contributed by atoms with Crippen LogP contribution in [0.15, 0.2) is 48.8 Å². The summed E-state index contributed by atoms with van der Waals surface area (Å²) < 4.78 is 4.82. The highest BCUT2D eigenvalue weighted by Crippen LogP contribution is 2.29. The number of rotatable bonds is 8. The molecule has 11 nitrogen and oxygen atoms in total. The number of carbonyl (C=O) groups excluding carboxylic acids is 2. The SMILES string of the molecule is NC(=O)OCCC(Nc1ncnc2c(C(N)=O)cccc12)c1cccc([N+](=O)[O-])c1. The molecule has 1 atom stereocenters. The molecule has 11 heteroatoms. The third-order valence-electron chi connectivity index (χ3n) is 4.38. The Kier molecular flexibility index (Phi) is 6.01. The molecule has 3 aromatic rings. The van der Waals surface area contributed by atoms with Gasteiger partial charge in [0.15, 0.2) is 0 Å². The lowest BCUT2D eigenvalue weighted by Gasteiger charge is -2.20. The van der Waals surface area contributed by atoms with Crippen molar-refractivity contribution in [1.29, 1.82) is 0 Å². The summed E-state index contributed by atoms with van der Waals surface area (Å²) in [4.78, 5) is 41.6. The number of anilines is 1. The fraction of sp³-hybridized carbons (Fsp3) is 0.158. The molecule has 2 amide bonds. The topological polar surface area (TPSA) is 176 Å². The van der Waals surface area contributed by atoms with E-state index >= 15 is 0 Å². The van der Waals surface area contributed by atoms with Gasteiger partial charge in [-0.25, -0.2) is 14.8 Å². The van der Waals surface area contributed by atoms with E-state index in [1.807, 2.05) is 0 Å². The summed E-state index contributed by atoms with van der Waals surface area (Å²) in [5.74, 6) is -0.242. The molecule has 0 aliphatic rings. The normalized spacial score (nSPS) is 11.6. The third kappa shape index (κ3) is 4.58. The second kappa shape index (κ2) is 8.82. The highest BCUT2D eigenvalue weighted by molar-refractivity contribution is 6.06. The Morgan fingerprint density at radius 1 is 1.17 bits per heavy atom. The Hall–Kier alpha value is -4.28. The second-order valence-corrected chi connectivity index (χ2v) is 6.29. The van der Waals surface area contributed by atoms with E-state index in [1.54, 1.807) is 30.3 Å². The quantitative estimate of drug-likeness (QED) is 0.374. The van der Waals surface area contributed by atoms with Crippen LogP contribution in [0.2, 0.25) is 0 Å². The van der Waals surface area contributed by atoms with Gasteiger partial charge >= 0.3 is 6.09 Å². The molecule has 0 spiro atoms. The fourth-order valence-electron chi connectivity index (χ4n) is 3.02. The van der Waals surface area contributed by atoms with Gasteiger partial charge in [-0.15, -0.1) is 0 Å². The molecular weight excluding hydrogens is 392 g/mol. The molecule has 1 unspecified atom stereocenters. The van der Waals surface area contributed by atoms with E-state index < -0.39 is 23.0 Å². The second-order valence-electron chi connectivity index (χ2n) is 6.29. The number of para-hydroxylation sites is 1. The van der Waals surface area contributed by atoms with Crippen molar-refractivity contribution in [3.05, 3.63) is 70.0 Å². The van der Waals surface area contributed by atoms with Gasteiger partial charge in [0.05, 0.1) is 28.7 Å². The van der Waals surface area contributed by atoms with Crippen LogP contribution in [0.25, 0.3) is 10.9 Å². The number of non-ortho nitro benzene ring substituents is 1. The van der Waals surface area contributed by atoms with Crippen LogP contribution in [0, 0.1) is 10.1 Å².